The van der Waals surface area contributed by atoms with E-state index >= 15 is 0 Å². The Bertz CT molecular complexity index is 464. The molecule has 0 bridgehead atoms. The van der Waals surface area contributed by atoms with E-state index in [1.54, 1.807) is 12.1 Å². The zero-order valence-electron chi connectivity index (χ0n) is 9.19. The molecule has 1 aromatic carbocycles. The number of aliphatic carboxylic acids is 1. The van der Waals surface area contributed by atoms with Gasteiger partial charge in [0.1, 0.15) is 11.8 Å². The Balaban J connectivity index is 2.80. The molecule has 7 heteroatoms. The topological polar surface area (TPSA) is 86.6 Å². The molecular formula is C11H11I2NO4. The van der Waals surface area contributed by atoms with Crippen molar-refractivity contribution >= 4 is 57.1 Å². The van der Waals surface area contributed by atoms with Crippen molar-refractivity contribution < 1.29 is 19.8 Å². The van der Waals surface area contributed by atoms with Gasteiger partial charge >= 0.3 is 5.97 Å². The summed E-state index contributed by atoms with van der Waals surface area (Å²) in [5, 5.41) is 20.8. The van der Waals surface area contributed by atoms with Crippen LogP contribution in [0.5, 0.6) is 5.75 Å². The zero-order valence-corrected chi connectivity index (χ0v) is 13.5. The summed E-state index contributed by atoms with van der Waals surface area (Å²) in [5.74, 6) is -1.23. The Morgan fingerprint density at radius 1 is 1.44 bits per heavy atom. The predicted molar refractivity (Wildman–Crippen MR) is 83.0 cm³/mol. The maximum atomic E-state index is 11.2. The van der Waals surface area contributed by atoms with E-state index in [2.05, 4.69) is 5.32 Å². The highest BCUT2D eigenvalue weighted by Crippen LogP contribution is 2.20. The van der Waals surface area contributed by atoms with Gasteiger partial charge in [-0.25, -0.2) is 4.79 Å². The van der Waals surface area contributed by atoms with Gasteiger partial charge in [-0.05, 0) is 40.3 Å². The molecule has 0 aliphatic heterocycles. The second-order valence-electron chi connectivity index (χ2n) is 3.58. The molecule has 0 radical (unpaired) electrons. The van der Waals surface area contributed by atoms with Crippen molar-refractivity contribution in [1.29, 1.82) is 0 Å². The van der Waals surface area contributed by atoms with Crippen molar-refractivity contribution in [2.24, 2.45) is 0 Å². The molecule has 0 aliphatic carbocycles. The van der Waals surface area contributed by atoms with E-state index in [1.165, 1.54) is 6.07 Å². The van der Waals surface area contributed by atoms with Crippen LogP contribution >= 0.6 is 45.2 Å². The highest BCUT2D eigenvalue weighted by molar-refractivity contribution is 14.1. The fourth-order valence-electron chi connectivity index (χ4n) is 1.35. The van der Waals surface area contributed by atoms with E-state index in [1.807, 2.05) is 45.2 Å². The SMILES string of the molecule is O=C(CI)N[C@@H](Cc1ccc(O)c([125I])c1)C(=O)O. The minimum absolute atomic E-state index is 0.155. The van der Waals surface area contributed by atoms with Gasteiger partial charge in [0.25, 0.3) is 0 Å². The number of halogens is 2. The molecule has 98 valence electrons. The van der Waals surface area contributed by atoms with E-state index in [0.29, 0.717) is 3.57 Å². The smallest absolute Gasteiger partial charge is 0.326 e. The minimum Gasteiger partial charge on any atom is -0.507 e. The molecule has 1 amide bonds. The second kappa shape index (κ2) is 7.12. The summed E-state index contributed by atoms with van der Waals surface area (Å²) in [5.41, 5.74) is 0.748. The lowest BCUT2D eigenvalue weighted by molar-refractivity contribution is -0.141. The monoisotopic (exact) mass is 473 g/mol. The van der Waals surface area contributed by atoms with Crippen molar-refractivity contribution in [3.63, 3.8) is 0 Å². The number of carboxylic acid groups (broad SMARTS) is 1. The number of hydrogen-bond acceptors (Lipinski definition) is 3. The van der Waals surface area contributed by atoms with Crippen molar-refractivity contribution in [2.75, 3.05) is 4.43 Å². The molecule has 0 unspecified atom stereocenters. The number of carbonyl (C=O) groups is 2. The van der Waals surface area contributed by atoms with Gasteiger partial charge < -0.3 is 15.5 Å². The van der Waals surface area contributed by atoms with Crippen LogP contribution in [-0.2, 0) is 16.0 Å². The number of amides is 1. The standard InChI is InChI=1S/C11H11I2NO4/c12-5-10(16)14-8(11(17)18)4-6-1-2-9(15)7(13)3-6/h1-3,8,15H,4-5H2,(H,14,16)(H,17,18)/t8-/m0/s1/i13-2. The van der Waals surface area contributed by atoms with Crippen LogP contribution in [0.15, 0.2) is 18.2 Å². The number of rotatable bonds is 5. The lowest BCUT2D eigenvalue weighted by atomic mass is 10.1. The van der Waals surface area contributed by atoms with Gasteiger partial charge in [0, 0.05) is 6.42 Å². The van der Waals surface area contributed by atoms with Gasteiger partial charge in [0.2, 0.25) is 5.91 Å². The fraction of sp³-hybridized carbons (Fsp3) is 0.273. The second-order valence-corrected chi connectivity index (χ2v) is 5.51. The van der Waals surface area contributed by atoms with Crippen LogP contribution in [0.25, 0.3) is 0 Å². The maximum Gasteiger partial charge on any atom is 0.326 e. The fourth-order valence-corrected chi connectivity index (χ4v) is 2.15. The average Bonchev–Trinajstić information content (AvgIpc) is 2.32. The van der Waals surface area contributed by atoms with Gasteiger partial charge in [0.15, 0.2) is 0 Å². The highest BCUT2D eigenvalue weighted by atomic mass is 127. The first-order chi connectivity index (χ1) is 8.43. The molecule has 0 spiro atoms. The van der Waals surface area contributed by atoms with Crippen LogP contribution in [0, 0.1) is 3.57 Å². The first kappa shape index (κ1) is 15.5. The van der Waals surface area contributed by atoms with E-state index in [0.717, 1.165) is 5.56 Å². The third kappa shape index (κ3) is 4.59. The summed E-state index contributed by atoms with van der Waals surface area (Å²) in [6.07, 6.45) is 0.188. The first-order valence-electron chi connectivity index (χ1n) is 4.99. The van der Waals surface area contributed by atoms with Crippen LogP contribution in [0.2, 0.25) is 0 Å². The Labute approximate surface area is 131 Å². The molecule has 0 saturated heterocycles. The van der Waals surface area contributed by atoms with E-state index in [4.69, 9.17) is 5.11 Å². The summed E-state index contributed by atoms with van der Waals surface area (Å²) in [6, 6.07) is 3.90. The summed E-state index contributed by atoms with van der Waals surface area (Å²) in [6.45, 7) is 0. The number of alkyl halides is 1. The normalized spacial score (nSPS) is 11.9. The lowest BCUT2D eigenvalue weighted by Crippen LogP contribution is -2.42. The van der Waals surface area contributed by atoms with Crippen LogP contribution < -0.4 is 5.32 Å². The zero-order chi connectivity index (χ0) is 13.7. The molecule has 1 rings (SSSR count). The van der Waals surface area contributed by atoms with Crippen molar-refractivity contribution in [1.82, 2.24) is 5.32 Å². The largest absolute Gasteiger partial charge is 0.507 e. The molecule has 0 fully saturated rings. The molecule has 1 aromatic rings. The average molecular weight is 473 g/mol. The number of carboxylic acids is 1. The number of nitrogens with one attached hydrogen (secondary N) is 1. The van der Waals surface area contributed by atoms with Crippen molar-refractivity contribution in [3.05, 3.63) is 27.3 Å². The molecule has 5 nitrogen and oxygen atoms in total. The van der Waals surface area contributed by atoms with Crippen LogP contribution in [0.1, 0.15) is 5.56 Å². The lowest BCUT2D eigenvalue weighted by Gasteiger charge is -2.14. The van der Waals surface area contributed by atoms with E-state index in [-0.39, 0.29) is 22.5 Å². The minimum atomic E-state index is -1.07. The first-order valence-corrected chi connectivity index (χ1v) is 7.60. The number of carbonyl (C=O) groups excluding carboxylic acids is 1. The quantitative estimate of drug-likeness (QED) is 0.448. The van der Waals surface area contributed by atoms with Gasteiger partial charge in [-0.15, -0.1) is 0 Å². The predicted octanol–water partition coefficient (Wildman–Crippen LogP) is 1.54. The summed E-state index contributed by atoms with van der Waals surface area (Å²) in [7, 11) is 0. The number of phenolic OH excluding ortho intramolecular Hbond substituents is 1. The third-order valence-electron chi connectivity index (χ3n) is 2.21. The van der Waals surface area contributed by atoms with Gasteiger partial charge in [-0.2, -0.15) is 0 Å². The molecule has 0 aromatic heterocycles. The summed E-state index contributed by atoms with van der Waals surface area (Å²) in [4.78, 5) is 22.3. The number of phenols is 1. The van der Waals surface area contributed by atoms with Gasteiger partial charge in [-0.3, -0.25) is 4.79 Å². The number of aromatic hydroxyl groups is 1. The molecule has 3 N–H and O–H groups in total. The maximum absolute atomic E-state index is 11.2. The molecular weight excluding hydrogens is 462 g/mol. The van der Waals surface area contributed by atoms with Crippen LogP contribution in [0.3, 0.4) is 0 Å². The summed E-state index contributed by atoms with van der Waals surface area (Å²) < 4.78 is 0.865. The Hall–Kier alpha value is -0.580. The molecule has 0 aliphatic rings. The highest BCUT2D eigenvalue weighted by Gasteiger charge is 2.20. The Kier molecular flexibility index (Phi) is 6.12. The molecule has 0 heterocycles. The molecule has 1 atom stereocenters. The van der Waals surface area contributed by atoms with Crippen LogP contribution in [-0.4, -0.2) is 32.6 Å². The van der Waals surface area contributed by atoms with Crippen molar-refractivity contribution in [3.8, 4) is 5.75 Å². The third-order valence-corrected chi connectivity index (χ3v) is 3.76. The van der Waals surface area contributed by atoms with Crippen molar-refractivity contribution in [2.45, 2.75) is 12.5 Å². The van der Waals surface area contributed by atoms with Crippen LogP contribution in [0.4, 0.5) is 0 Å². The van der Waals surface area contributed by atoms with E-state index < -0.39 is 12.0 Å². The van der Waals surface area contributed by atoms with Gasteiger partial charge in [-0.1, -0.05) is 28.7 Å². The molecule has 0 saturated carbocycles. The number of benzene rings is 1. The number of hydrogen-bond donors (Lipinski definition) is 3. The molecule has 18 heavy (non-hydrogen) atoms. The Morgan fingerprint density at radius 2 is 2.11 bits per heavy atom. The van der Waals surface area contributed by atoms with E-state index in [9.17, 15) is 14.7 Å². The summed E-state index contributed by atoms with van der Waals surface area (Å²) >= 11 is 3.83. The van der Waals surface area contributed by atoms with Gasteiger partial charge in [0.05, 0.1) is 8.00 Å². The Morgan fingerprint density at radius 3 is 2.61 bits per heavy atom.